The molecule has 3 nitrogen and oxygen atoms in total. The second-order valence-corrected chi connectivity index (χ2v) is 4.17. The molecule has 1 aromatic carbocycles. The van der Waals surface area contributed by atoms with Crippen LogP contribution < -0.4 is 16.4 Å². The molecular weight excluding hydrogens is 186 g/mol. The third-order valence-electron chi connectivity index (χ3n) is 2.59. The Morgan fingerprint density at radius 2 is 2.00 bits per heavy atom. The van der Waals surface area contributed by atoms with Gasteiger partial charge in [-0.1, -0.05) is 12.1 Å². The molecule has 0 aliphatic rings. The van der Waals surface area contributed by atoms with Gasteiger partial charge in [-0.15, -0.1) is 0 Å². The zero-order chi connectivity index (χ0) is 11.4. The smallest absolute Gasteiger partial charge is 0.0396 e. The van der Waals surface area contributed by atoms with Crippen molar-refractivity contribution in [1.82, 2.24) is 0 Å². The monoisotopic (exact) mass is 207 g/mol. The van der Waals surface area contributed by atoms with Gasteiger partial charge in [-0.25, -0.2) is 0 Å². The lowest BCUT2D eigenvalue weighted by Crippen LogP contribution is -2.40. The van der Waals surface area contributed by atoms with Crippen LogP contribution in [0.5, 0.6) is 0 Å². The Morgan fingerprint density at radius 3 is 2.60 bits per heavy atom. The molecule has 84 valence electrons. The molecule has 1 unspecified atom stereocenters. The number of nitrogens with zero attached hydrogens (tertiary/aromatic N) is 1. The number of anilines is 1. The third-order valence-corrected chi connectivity index (χ3v) is 2.59. The van der Waals surface area contributed by atoms with Gasteiger partial charge in [0.25, 0.3) is 0 Å². The van der Waals surface area contributed by atoms with E-state index in [0.29, 0.717) is 6.54 Å². The van der Waals surface area contributed by atoms with Crippen LogP contribution in [0.25, 0.3) is 0 Å². The van der Waals surface area contributed by atoms with E-state index in [4.69, 9.17) is 11.5 Å². The maximum atomic E-state index is 5.83. The lowest BCUT2D eigenvalue weighted by atomic mass is 10.1. The largest absolute Gasteiger partial charge is 0.373 e. The Bertz CT molecular complexity index is 323. The maximum absolute atomic E-state index is 5.83. The van der Waals surface area contributed by atoms with Crippen LogP contribution in [-0.4, -0.2) is 26.2 Å². The normalized spacial score (nSPS) is 12.6. The molecule has 0 aliphatic heterocycles. The van der Waals surface area contributed by atoms with E-state index in [2.05, 4.69) is 44.0 Å². The van der Waals surface area contributed by atoms with Gasteiger partial charge in [0.05, 0.1) is 0 Å². The van der Waals surface area contributed by atoms with Crippen LogP contribution in [-0.2, 0) is 0 Å². The summed E-state index contributed by atoms with van der Waals surface area (Å²) in [5.74, 6) is 0. The molecule has 4 N–H and O–H groups in total. The molecule has 1 atom stereocenters. The van der Waals surface area contributed by atoms with Crippen LogP contribution in [0.2, 0.25) is 0 Å². The molecule has 0 radical (unpaired) electrons. The molecule has 1 rings (SSSR count). The Balaban J connectivity index is 2.80. The molecule has 1 aromatic rings. The van der Waals surface area contributed by atoms with Crippen molar-refractivity contribution in [1.29, 1.82) is 0 Å². The van der Waals surface area contributed by atoms with Gasteiger partial charge in [0.2, 0.25) is 0 Å². The quantitative estimate of drug-likeness (QED) is 0.775. The van der Waals surface area contributed by atoms with Gasteiger partial charge < -0.3 is 16.4 Å². The highest BCUT2D eigenvalue weighted by Gasteiger charge is 2.08. The first-order valence-electron chi connectivity index (χ1n) is 5.28. The van der Waals surface area contributed by atoms with Crippen molar-refractivity contribution in [2.45, 2.75) is 19.9 Å². The van der Waals surface area contributed by atoms with Gasteiger partial charge in [0.15, 0.2) is 0 Å². The molecule has 0 aromatic heterocycles. The fourth-order valence-corrected chi connectivity index (χ4v) is 1.66. The number of benzene rings is 1. The number of aryl methyl sites for hydroxylation is 2. The fraction of sp³-hybridized carbons (Fsp3) is 0.500. The Morgan fingerprint density at radius 1 is 1.33 bits per heavy atom. The molecule has 0 fully saturated rings. The highest BCUT2D eigenvalue weighted by atomic mass is 15.1. The summed E-state index contributed by atoms with van der Waals surface area (Å²) in [5.41, 5.74) is 15.1. The predicted molar refractivity (Wildman–Crippen MR) is 66.2 cm³/mol. The molecule has 0 aliphatic carbocycles. The number of hydrogen-bond donors (Lipinski definition) is 2. The van der Waals surface area contributed by atoms with Crippen molar-refractivity contribution >= 4 is 5.69 Å². The van der Waals surface area contributed by atoms with Crippen LogP contribution in [0.1, 0.15) is 11.1 Å². The van der Waals surface area contributed by atoms with Gasteiger partial charge >= 0.3 is 0 Å². The molecular formula is C12H21N3. The van der Waals surface area contributed by atoms with Crippen molar-refractivity contribution in [3.8, 4) is 0 Å². The minimum Gasteiger partial charge on any atom is -0.373 e. The van der Waals surface area contributed by atoms with Gasteiger partial charge in [-0.2, -0.15) is 0 Å². The lowest BCUT2D eigenvalue weighted by Gasteiger charge is -2.24. The average Bonchev–Trinajstić information content (AvgIpc) is 2.21. The highest BCUT2D eigenvalue weighted by molar-refractivity contribution is 5.54. The van der Waals surface area contributed by atoms with Crippen LogP contribution in [0.4, 0.5) is 5.69 Å². The van der Waals surface area contributed by atoms with E-state index in [1.54, 1.807) is 0 Å². The highest BCUT2D eigenvalue weighted by Crippen LogP contribution is 2.20. The van der Waals surface area contributed by atoms with E-state index < -0.39 is 0 Å². The number of hydrogen-bond acceptors (Lipinski definition) is 3. The first-order chi connectivity index (χ1) is 7.04. The second kappa shape index (κ2) is 5.14. The number of nitrogens with two attached hydrogens (primary N) is 2. The summed E-state index contributed by atoms with van der Waals surface area (Å²) < 4.78 is 0. The van der Waals surface area contributed by atoms with Crippen molar-refractivity contribution in [2.75, 3.05) is 25.0 Å². The zero-order valence-corrected chi connectivity index (χ0v) is 9.83. The first kappa shape index (κ1) is 12.0. The summed E-state index contributed by atoms with van der Waals surface area (Å²) in [6, 6.07) is 6.47. The van der Waals surface area contributed by atoms with Gasteiger partial charge in [0, 0.05) is 31.9 Å². The minimum absolute atomic E-state index is 0.0370. The molecule has 0 saturated carbocycles. The third kappa shape index (κ3) is 3.22. The van der Waals surface area contributed by atoms with Crippen molar-refractivity contribution in [3.05, 3.63) is 29.3 Å². The predicted octanol–water partition coefficient (Wildman–Crippen LogP) is 1.03. The second-order valence-electron chi connectivity index (χ2n) is 4.17. The van der Waals surface area contributed by atoms with E-state index in [1.165, 1.54) is 16.8 Å². The SMILES string of the molecule is Cc1ccc(C)c(N(C)CC(N)CN)c1. The fourth-order valence-electron chi connectivity index (χ4n) is 1.66. The molecule has 15 heavy (non-hydrogen) atoms. The molecule has 0 saturated heterocycles. The van der Waals surface area contributed by atoms with Crippen molar-refractivity contribution in [3.63, 3.8) is 0 Å². The van der Waals surface area contributed by atoms with Crippen LogP contribution in [0.3, 0.4) is 0 Å². The summed E-state index contributed by atoms with van der Waals surface area (Å²) in [7, 11) is 2.05. The van der Waals surface area contributed by atoms with Gasteiger partial charge in [0.1, 0.15) is 0 Å². The van der Waals surface area contributed by atoms with E-state index in [9.17, 15) is 0 Å². The number of rotatable bonds is 4. The summed E-state index contributed by atoms with van der Waals surface area (Å²) in [4.78, 5) is 2.17. The Hall–Kier alpha value is -1.06. The molecule has 0 spiro atoms. The molecule has 0 bridgehead atoms. The molecule has 3 heteroatoms. The summed E-state index contributed by atoms with van der Waals surface area (Å²) in [5, 5.41) is 0. The van der Waals surface area contributed by atoms with E-state index in [0.717, 1.165) is 6.54 Å². The standard InChI is InChI=1S/C12H21N3/c1-9-4-5-10(2)12(6-9)15(3)8-11(14)7-13/h4-6,11H,7-8,13-14H2,1-3H3. The van der Waals surface area contributed by atoms with Crippen molar-refractivity contribution < 1.29 is 0 Å². The number of likely N-dealkylation sites (N-methyl/N-ethyl adjacent to an activating group) is 1. The van der Waals surface area contributed by atoms with E-state index in [-0.39, 0.29) is 6.04 Å². The lowest BCUT2D eigenvalue weighted by molar-refractivity contribution is 0.667. The van der Waals surface area contributed by atoms with Gasteiger partial charge in [-0.3, -0.25) is 0 Å². The Kier molecular flexibility index (Phi) is 4.12. The zero-order valence-electron chi connectivity index (χ0n) is 9.83. The average molecular weight is 207 g/mol. The molecule has 0 amide bonds. The van der Waals surface area contributed by atoms with E-state index in [1.807, 2.05) is 0 Å². The summed E-state index contributed by atoms with van der Waals surface area (Å²) >= 11 is 0. The summed E-state index contributed by atoms with van der Waals surface area (Å²) in [6.45, 7) is 5.52. The molecule has 0 heterocycles. The van der Waals surface area contributed by atoms with E-state index >= 15 is 0 Å². The maximum Gasteiger partial charge on any atom is 0.0396 e. The first-order valence-corrected chi connectivity index (χ1v) is 5.28. The minimum atomic E-state index is 0.0370. The topological polar surface area (TPSA) is 55.3 Å². The summed E-state index contributed by atoms with van der Waals surface area (Å²) in [6.07, 6.45) is 0. The van der Waals surface area contributed by atoms with Gasteiger partial charge in [-0.05, 0) is 31.0 Å². The van der Waals surface area contributed by atoms with Crippen LogP contribution in [0, 0.1) is 13.8 Å². The van der Waals surface area contributed by atoms with Crippen LogP contribution in [0.15, 0.2) is 18.2 Å². The van der Waals surface area contributed by atoms with Crippen LogP contribution >= 0.6 is 0 Å². The Labute approximate surface area is 92.1 Å². The van der Waals surface area contributed by atoms with Crippen molar-refractivity contribution in [2.24, 2.45) is 11.5 Å².